The van der Waals surface area contributed by atoms with Gasteiger partial charge in [-0.05, 0) is 58.6 Å². The van der Waals surface area contributed by atoms with E-state index in [-0.39, 0.29) is 12.1 Å². The Balaban J connectivity index is 1.98. The van der Waals surface area contributed by atoms with Crippen molar-refractivity contribution in [2.24, 2.45) is 4.99 Å². The molecule has 27 heavy (non-hydrogen) atoms. The van der Waals surface area contributed by atoms with Crippen molar-refractivity contribution in [1.82, 2.24) is 15.5 Å². The number of aryl methyl sites for hydroxylation is 1. The molecule has 0 aliphatic rings. The minimum atomic E-state index is 0.123. The van der Waals surface area contributed by atoms with Crippen molar-refractivity contribution in [3.05, 3.63) is 53.5 Å². The second-order valence-corrected chi connectivity index (χ2v) is 7.08. The molecule has 0 amide bonds. The molecule has 0 radical (unpaired) electrons. The molecule has 0 fully saturated rings. The van der Waals surface area contributed by atoms with E-state index in [2.05, 4.69) is 45.6 Å². The number of ether oxygens (including phenoxy) is 1. The predicted octanol–water partition coefficient (Wildman–Crippen LogP) is 3.34. The smallest absolute Gasteiger partial charge is 0.191 e. The zero-order chi connectivity index (χ0) is 19.8. The average Bonchev–Trinajstić information content (AvgIpc) is 3.12. The molecule has 0 saturated carbocycles. The highest BCUT2D eigenvalue weighted by atomic mass is 16.5. The summed E-state index contributed by atoms with van der Waals surface area (Å²) in [4.78, 5) is 6.45. The van der Waals surface area contributed by atoms with Gasteiger partial charge >= 0.3 is 0 Å². The van der Waals surface area contributed by atoms with Crippen LogP contribution in [-0.2, 0) is 6.54 Å². The normalized spacial score (nSPS) is 13.1. The number of guanidine groups is 1. The quantitative estimate of drug-likeness (QED) is 0.550. The monoisotopic (exact) mass is 372 g/mol. The van der Waals surface area contributed by atoms with Gasteiger partial charge in [-0.15, -0.1) is 0 Å². The second kappa shape index (κ2) is 10.0. The highest BCUT2D eigenvalue weighted by molar-refractivity contribution is 5.79. The van der Waals surface area contributed by atoms with Crippen LogP contribution in [0.5, 0.6) is 5.75 Å². The summed E-state index contributed by atoms with van der Waals surface area (Å²) in [5.41, 5.74) is 2.29. The number of nitrogens with zero attached hydrogens (tertiary/aromatic N) is 2. The number of aliphatic imine (C=N–C) groups is 1. The molecule has 2 aromatic rings. The lowest BCUT2D eigenvalue weighted by molar-refractivity contribution is 0.239. The van der Waals surface area contributed by atoms with E-state index >= 15 is 0 Å². The zero-order valence-electron chi connectivity index (χ0n) is 17.2. The Morgan fingerprint density at radius 2 is 2.00 bits per heavy atom. The minimum absolute atomic E-state index is 0.123. The van der Waals surface area contributed by atoms with Crippen LogP contribution in [0, 0.1) is 6.92 Å². The number of furan rings is 1. The van der Waals surface area contributed by atoms with E-state index in [1.54, 1.807) is 13.3 Å². The molecule has 0 saturated heterocycles. The maximum Gasteiger partial charge on any atom is 0.191 e. The molecule has 0 aliphatic carbocycles. The van der Waals surface area contributed by atoms with Crippen LogP contribution in [-0.4, -0.2) is 44.7 Å². The first kappa shape index (κ1) is 20.8. The molecule has 2 N–H and O–H groups in total. The molecule has 1 unspecified atom stereocenters. The summed E-state index contributed by atoms with van der Waals surface area (Å²) in [6.45, 7) is 7.46. The lowest BCUT2D eigenvalue weighted by Crippen LogP contribution is -2.41. The fraction of sp³-hybridized carbons (Fsp3) is 0.476. The van der Waals surface area contributed by atoms with Gasteiger partial charge in [0, 0.05) is 25.7 Å². The van der Waals surface area contributed by atoms with E-state index in [1.165, 1.54) is 5.56 Å². The van der Waals surface area contributed by atoms with Crippen molar-refractivity contribution < 1.29 is 9.15 Å². The number of nitrogens with one attached hydrogen (secondary N) is 2. The Kier molecular flexibility index (Phi) is 7.73. The summed E-state index contributed by atoms with van der Waals surface area (Å²) >= 11 is 0. The van der Waals surface area contributed by atoms with E-state index in [1.807, 2.05) is 40.1 Å². The van der Waals surface area contributed by atoms with Gasteiger partial charge in [-0.3, -0.25) is 9.89 Å². The Morgan fingerprint density at radius 1 is 1.22 bits per heavy atom. The van der Waals surface area contributed by atoms with Crippen LogP contribution in [0.3, 0.4) is 0 Å². The first-order valence-electron chi connectivity index (χ1n) is 9.31. The largest absolute Gasteiger partial charge is 0.491 e. The Hall–Kier alpha value is -2.47. The predicted molar refractivity (Wildman–Crippen MR) is 110 cm³/mol. The first-order chi connectivity index (χ1) is 12.9. The molecule has 6 nitrogen and oxygen atoms in total. The van der Waals surface area contributed by atoms with Crippen LogP contribution in [0.25, 0.3) is 0 Å². The fourth-order valence-corrected chi connectivity index (χ4v) is 2.78. The van der Waals surface area contributed by atoms with E-state index in [0.717, 1.165) is 23.0 Å². The molecule has 1 atom stereocenters. The molecule has 0 aliphatic heterocycles. The van der Waals surface area contributed by atoms with Gasteiger partial charge in [0.2, 0.25) is 0 Å². The number of hydrogen-bond donors (Lipinski definition) is 2. The van der Waals surface area contributed by atoms with Crippen LogP contribution >= 0.6 is 0 Å². The lowest BCUT2D eigenvalue weighted by Gasteiger charge is -2.24. The van der Waals surface area contributed by atoms with Gasteiger partial charge in [-0.2, -0.15) is 0 Å². The summed E-state index contributed by atoms with van der Waals surface area (Å²) in [6, 6.07) is 10.3. The second-order valence-electron chi connectivity index (χ2n) is 7.08. The SMILES string of the molecule is CN=C(NCc1ccc(C)cc1OC(C)C)NCC(c1ccco1)N(C)C. The van der Waals surface area contributed by atoms with E-state index in [0.29, 0.717) is 13.1 Å². The van der Waals surface area contributed by atoms with E-state index in [4.69, 9.17) is 9.15 Å². The first-order valence-corrected chi connectivity index (χ1v) is 9.31. The van der Waals surface area contributed by atoms with Gasteiger partial charge in [-0.25, -0.2) is 0 Å². The fourth-order valence-electron chi connectivity index (χ4n) is 2.78. The molecule has 148 valence electrons. The van der Waals surface area contributed by atoms with Crippen LogP contribution in [0.4, 0.5) is 0 Å². The Bertz CT molecular complexity index is 724. The highest BCUT2D eigenvalue weighted by Crippen LogP contribution is 2.21. The van der Waals surface area contributed by atoms with Gasteiger partial charge in [0.05, 0.1) is 18.4 Å². The summed E-state index contributed by atoms with van der Waals surface area (Å²) < 4.78 is 11.5. The van der Waals surface area contributed by atoms with Gasteiger partial charge < -0.3 is 19.8 Å². The van der Waals surface area contributed by atoms with Gasteiger partial charge in [0.1, 0.15) is 11.5 Å². The number of rotatable bonds is 8. The van der Waals surface area contributed by atoms with Crippen LogP contribution in [0.2, 0.25) is 0 Å². The summed E-state index contributed by atoms with van der Waals surface area (Å²) in [7, 11) is 5.84. The molecule has 1 aromatic carbocycles. The molecule has 1 aromatic heterocycles. The van der Waals surface area contributed by atoms with Gasteiger partial charge in [-0.1, -0.05) is 12.1 Å². The van der Waals surface area contributed by atoms with Gasteiger partial charge in [0.25, 0.3) is 0 Å². The van der Waals surface area contributed by atoms with Crippen LogP contribution in [0.15, 0.2) is 46.0 Å². The third-order valence-corrected chi connectivity index (χ3v) is 4.21. The molecular weight excluding hydrogens is 340 g/mol. The zero-order valence-corrected chi connectivity index (χ0v) is 17.2. The lowest BCUT2D eigenvalue weighted by atomic mass is 10.1. The summed E-state index contributed by atoms with van der Waals surface area (Å²) in [5, 5.41) is 6.75. The maximum atomic E-state index is 5.95. The van der Waals surface area contributed by atoms with Crippen molar-refractivity contribution in [1.29, 1.82) is 0 Å². The Morgan fingerprint density at radius 3 is 2.59 bits per heavy atom. The van der Waals surface area contributed by atoms with Gasteiger partial charge in [0.15, 0.2) is 5.96 Å². The van der Waals surface area contributed by atoms with Crippen LogP contribution < -0.4 is 15.4 Å². The minimum Gasteiger partial charge on any atom is -0.491 e. The molecule has 0 spiro atoms. The number of hydrogen-bond acceptors (Lipinski definition) is 4. The molecule has 0 bridgehead atoms. The number of likely N-dealkylation sites (N-methyl/N-ethyl adjacent to an activating group) is 1. The average molecular weight is 373 g/mol. The van der Waals surface area contributed by atoms with Crippen molar-refractivity contribution in [2.45, 2.75) is 39.5 Å². The Labute approximate surface area is 162 Å². The third kappa shape index (κ3) is 6.32. The number of benzene rings is 1. The van der Waals surface area contributed by atoms with E-state index < -0.39 is 0 Å². The maximum absolute atomic E-state index is 5.95. The van der Waals surface area contributed by atoms with Crippen molar-refractivity contribution >= 4 is 5.96 Å². The topological polar surface area (TPSA) is 62.0 Å². The summed E-state index contributed by atoms with van der Waals surface area (Å²) in [5.74, 6) is 2.58. The molecular formula is C21H32N4O2. The molecule has 2 rings (SSSR count). The molecule has 6 heteroatoms. The van der Waals surface area contributed by atoms with Crippen molar-refractivity contribution in [2.75, 3.05) is 27.7 Å². The third-order valence-electron chi connectivity index (χ3n) is 4.21. The highest BCUT2D eigenvalue weighted by Gasteiger charge is 2.17. The van der Waals surface area contributed by atoms with E-state index in [9.17, 15) is 0 Å². The van der Waals surface area contributed by atoms with Crippen LogP contribution in [0.1, 0.15) is 36.8 Å². The molecule has 1 heterocycles. The van der Waals surface area contributed by atoms with Crippen molar-refractivity contribution in [3.63, 3.8) is 0 Å². The summed E-state index contributed by atoms with van der Waals surface area (Å²) in [6.07, 6.45) is 1.84. The standard InChI is InChI=1S/C21H32N4O2/c1-15(2)27-20-12-16(3)9-10-17(20)13-23-21(22-4)24-14-18(25(5)6)19-8-7-11-26-19/h7-12,15,18H,13-14H2,1-6H3,(H2,22,23,24). The van der Waals surface area contributed by atoms with Crippen molar-refractivity contribution in [3.8, 4) is 5.75 Å².